The average Bonchev–Trinajstić information content (AvgIpc) is 3.25. The highest BCUT2D eigenvalue weighted by atomic mass is 16.6. The highest BCUT2D eigenvalue weighted by Crippen LogP contribution is 2.18. The maximum absolute atomic E-state index is 12.8. The number of carboxylic acids is 1. The summed E-state index contributed by atoms with van der Waals surface area (Å²) in [6.45, 7) is 17.5. The molecule has 19 heteroatoms. The van der Waals surface area contributed by atoms with Gasteiger partial charge in [-0.1, -0.05) is 23.7 Å². The molecular weight excluding hydrogens is 897 g/mol. The van der Waals surface area contributed by atoms with Crippen LogP contribution >= 0.6 is 0 Å². The van der Waals surface area contributed by atoms with Crippen molar-refractivity contribution in [3.8, 4) is 35.2 Å². The van der Waals surface area contributed by atoms with Crippen LogP contribution in [0.3, 0.4) is 0 Å². The molecule has 19 nitrogen and oxygen atoms in total. The SMILES string of the molecule is COC(=O)[C@@H](N)C(C)(C)NC(=O)OC(C)(C)C.COC(=O)[C@@H](NC(=O)c1ccc(OC/C=C/C#CCCO)cc1)C(C)(C)NC(=O)OC(C)(C)C.O=C(O)c1ccc(OC/C=C/C#CCCO)cc1. The number of carboxylic acid groups (broad SMARTS) is 1. The molecule has 0 aliphatic heterocycles. The predicted octanol–water partition coefficient (Wildman–Crippen LogP) is 5.08. The Labute approximate surface area is 405 Å². The molecule has 2 rings (SSSR count). The highest BCUT2D eigenvalue weighted by molar-refractivity contribution is 5.97. The van der Waals surface area contributed by atoms with E-state index in [1.807, 2.05) is 0 Å². The fraction of sp³-hybridized carbons (Fsp3) is 0.480. The molecule has 0 radical (unpaired) electrons. The zero-order valence-electron chi connectivity index (χ0n) is 41.6. The predicted molar refractivity (Wildman–Crippen MR) is 258 cm³/mol. The van der Waals surface area contributed by atoms with E-state index in [-0.39, 0.29) is 25.4 Å². The minimum absolute atomic E-state index is 0.0232. The smallest absolute Gasteiger partial charge is 0.408 e. The second-order valence-corrected chi connectivity index (χ2v) is 17.5. The van der Waals surface area contributed by atoms with Crippen molar-refractivity contribution in [2.75, 3.05) is 40.6 Å². The normalized spacial score (nSPS) is 12.0. The number of amides is 3. The second-order valence-electron chi connectivity index (χ2n) is 17.5. The molecule has 0 bridgehead atoms. The Hall–Kier alpha value is -7.06. The van der Waals surface area contributed by atoms with Crippen LogP contribution in [0.25, 0.3) is 0 Å². The molecule has 380 valence electrons. The molecular formula is C50H70N4O15. The van der Waals surface area contributed by atoms with Crippen molar-refractivity contribution in [2.45, 2.75) is 116 Å². The standard InChI is InChI=1S/C25H34N2O7.C14H14O4.C11H22N2O4/c1-24(2,3)34-23(31)27-25(4,5)20(22(30)32-6)26-21(29)18-12-14-19(15-13-18)33-17-11-9-7-8-10-16-28;15-10-4-2-1-3-5-11-18-13-8-6-12(7-9-13)14(16)17;1-10(2,3)17-9(15)13-11(4,5)7(12)8(14)16-6/h9,11-15,20,28H,10,16-17H2,1-6H3,(H,26,29)(H,27,31);3,5-9,15H,4,10-11H2,(H,16,17);7H,12H2,1-6H3,(H,13,15)/b11-9+;5-3+;/t20-;;7-/m1.1/s1. The Bertz CT molecular complexity index is 2130. The van der Waals surface area contributed by atoms with Gasteiger partial charge in [-0.25, -0.2) is 19.2 Å². The number of hydrogen-bond acceptors (Lipinski definition) is 15. The minimum atomic E-state index is -1.21. The zero-order chi connectivity index (χ0) is 52.8. The van der Waals surface area contributed by atoms with Crippen molar-refractivity contribution in [2.24, 2.45) is 5.73 Å². The molecule has 0 spiro atoms. The first-order valence-electron chi connectivity index (χ1n) is 21.5. The second kappa shape index (κ2) is 31.1. The average molecular weight is 967 g/mol. The van der Waals surface area contributed by atoms with Gasteiger partial charge in [-0.3, -0.25) is 9.59 Å². The molecule has 0 fully saturated rings. The number of nitrogens with two attached hydrogens (primary N) is 1. The third-order valence-corrected chi connectivity index (χ3v) is 8.30. The van der Waals surface area contributed by atoms with E-state index in [1.165, 1.54) is 26.4 Å². The van der Waals surface area contributed by atoms with Gasteiger partial charge in [0.05, 0.1) is 44.1 Å². The summed E-state index contributed by atoms with van der Waals surface area (Å²) in [5.41, 5.74) is 2.71. The number of alkyl carbamates (subject to hydrolysis) is 2. The van der Waals surface area contributed by atoms with E-state index in [2.05, 4.69) is 44.4 Å². The fourth-order valence-corrected chi connectivity index (χ4v) is 4.84. The topological polar surface area (TPSA) is 281 Å². The van der Waals surface area contributed by atoms with Gasteiger partial charge in [0.2, 0.25) is 0 Å². The van der Waals surface area contributed by atoms with Gasteiger partial charge in [0.15, 0.2) is 0 Å². The molecule has 3 amide bonds. The number of allylic oxidation sites excluding steroid dienone is 2. The maximum atomic E-state index is 12.8. The number of rotatable bonds is 17. The van der Waals surface area contributed by atoms with Gasteiger partial charge in [-0.05, 0) is 142 Å². The molecule has 69 heavy (non-hydrogen) atoms. The molecule has 2 aromatic rings. The lowest BCUT2D eigenvalue weighted by molar-refractivity contribution is -0.145. The number of esters is 2. The molecule has 0 aliphatic rings. The summed E-state index contributed by atoms with van der Waals surface area (Å²) >= 11 is 0. The monoisotopic (exact) mass is 966 g/mol. The Morgan fingerprint density at radius 3 is 1.38 bits per heavy atom. The fourth-order valence-electron chi connectivity index (χ4n) is 4.84. The summed E-state index contributed by atoms with van der Waals surface area (Å²) in [5.74, 6) is 9.38. The van der Waals surface area contributed by atoms with Crippen LogP contribution in [0.5, 0.6) is 11.5 Å². The molecule has 2 atom stereocenters. The van der Waals surface area contributed by atoms with Gasteiger partial charge in [-0.2, -0.15) is 0 Å². The Morgan fingerprint density at radius 1 is 0.623 bits per heavy atom. The van der Waals surface area contributed by atoms with Crippen LogP contribution in [0.15, 0.2) is 72.8 Å². The number of aliphatic hydroxyl groups excluding tert-OH is 2. The summed E-state index contributed by atoms with van der Waals surface area (Å²) in [4.78, 5) is 70.9. The van der Waals surface area contributed by atoms with Crippen LogP contribution in [0, 0.1) is 23.7 Å². The van der Waals surface area contributed by atoms with E-state index in [0.717, 1.165) is 0 Å². The van der Waals surface area contributed by atoms with Crippen molar-refractivity contribution in [1.82, 2.24) is 16.0 Å². The number of benzene rings is 2. The molecule has 0 saturated carbocycles. The first-order valence-corrected chi connectivity index (χ1v) is 21.5. The number of hydrogen-bond donors (Lipinski definition) is 7. The first kappa shape index (κ1) is 61.9. The number of ether oxygens (including phenoxy) is 6. The Kier molecular flexibility index (Phi) is 27.9. The number of aromatic carboxylic acids is 1. The molecule has 0 saturated heterocycles. The summed E-state index contributed by atoms with van der Waals surface area (Å²) < 4.78 is 30.6. The van der Waals surface area contributed by atoms with E-state index in [9.17, 15) is 28.8 Å². The van der Waals surface area contributed by atoms with Crippen LogP contribution < -0.4 is 31.2 Å². The molecule has 0 heterocycles. The summed E-state index contributed by atoms with van der Waals surface area (Å²) in [7, 11) is 2.44. The third kappa shape index (κ3) is 28.0. The summed E-state index contributed by atoms with van der Waals surface area (Å²) in [6.07, 6.45) is 6.29. The first-order chi connectivity index (χ1) is 32.1. The number of methoxy groups -OCH3 is 2. The summed E-state index contributed by atoms with van der Waals surface area (Å²) in [5, 5.41) is 33.6. The molecule has 0 aliphatic carbocycles. The van der Waals surface area contributed by atoms with Crippen molar-refractivity contribution in [1.29, 1.82) is 0 Å². The van der Waals surface area contributed by atoms with E-state index >= 15 is 0 Å². The van der Waals surface area contributed by atoms with Gasteiger partial charge in [0, 0.05) is 18.4 Å². The van der Waals surface area contributed by atoms with Gasteiger partial charge in [-0.15, -0.1) is 0 Å². The largest absolute Gasteiger partial charge is 0.490 e. The molecule has 0 aromatic heterocycles. The number of carbonyl (C=O) groups is 6. The Morgan fingerprint density at radius 2 is 1.01 bits per heavy atom. The Balaban J connectivity index is 0.00000111. The van der Waals surface area contributed by atoms with Crippen molar-refractivity contribution in [3.63, 3.8) is 0 Å². The number of nitrogens with one attached hydrogen (secondary N) is 3. The van der Waals surface area contributed by atoms with Crippen LogP contribution in [-0.4, -0.2) is 126 Å². The number of aliphatic hydroxyl groups is 2. The minimum Gasteiger partial charge on any atom is -0.490 e. The van der Waals surface area contributed by atoms with Crippen LogP contribution in [0.4, 0.5) is 9.59 Å². The van der Waals surface area contributed by atoms with Crippen molar-refractivity contribution >= 4 is 36.0 Å². The van der Waals surface area contributed by atoms with E-state index in [0.29, 0.717) is 36.5 Å². The summed E-state index contributed by atoms with van der Waals surface area (Å²) in [6, 6.07) is 10.4. The maximum Gasteiger partial charge on any atom is 0.408 e. The lowest BCUT2D eigenvalue weighted by atomic mass is 9.94. The molecule has 8 N–H and O–H groups in total. The van der Waals surface area contributed by atoms with Gasteiger partial charge < -0.3 is 65.4 Å². The van der Waals surface area contributed by atoms with E-state index < -0.39 is 70.4 Å². The van der Waals surface area contributed by atoms with Crippen LogP contribution in [0.2, 0.25) is 0 Å². The van der Waals surface area contributed by atoms with E-state index in [1.54, 1.807) is 130 Å². The zero-order valence-corrected chi connectivity index (χ0v) is 41.6. The number of carbonyl (C=O) groups excluding carboxylic acids is 5. The highest BCUT2D eigenvalue weighted by Gasteiger charge is 2.40. The lowest BCUT2D eigenvalue weighted by Crippen LogP contribution is -2.62. The lowest BCUT2D eigenvalue weighted by Gasteiger charge is -2.34. The third-order valence-electron chi connectivity index (χ3n) is 8.30. The van der Waals surface area contributed by atoms with E-state index in [4.69, 9.17) is 44.7 Å². The van der Waals surface area contributed by atoms with Crippen molar-refractivity contribution in [3.05, 3.63) is 84.0 Å². The van der Waals surface area contributed by atoms with Gasteiger partial charge >= 0.3 is 30.1 Å². The molecule has 0 unspecified atom stereocenters. The van der Waals surface area contributed by atoms with Gasteiger partial charge in [0.25, 0.3) is 5.91 Å². The van der Waals surface area contributed by atoms with Crippen LogP contribution in [-0.2, 0) is 28.5 Å². The quantitative estimate of drug-likeness (QED) is 0.0619. The van der Waals surface area contributed by atoms with Gasteiger partial charge in [0.1, 0.15) is 48.0 Å². The van der Waals surface area contributed by atoms with Crippen molar-refractivity contribution < 1.29 is 72.5 Å². The van der Waals surface area contributed by atoms with Crippen LogP contribution in [0.1, 0.15) is 103 Å². The molecule has 2 aromatic carbocycles.